The quantitative estimate of drug-likeness (QED) is 0.638. The van der Waals surface area contributed by atoms with Crippen LogP contribution in [0, 0.1) is 10.1 Å². The van der Waals surface area contributed by atoms with Crippen molar-refractivity contribution in [3.05, 3.63) is 69.1 Å². The Balaban J connectivity index is 1.57. The Bertz CT molecular complexity index is 814. The Hall–Kier alpha value is -2.94. The third-order valence-electron chi connectivity index (χ3n) is 2.98. The molecule has 0 aliphatic carbocycles. The number of ether oxygens (including phenoxy) is 1. The maximum absolute atomic E-state index is 10.7. The van der Waals surface area contributed by atoms with E-state index in [1.54, 1.807) is 6.08 Å². The summed E-state index contributed by atoms with van der Waals surface area (Å²) in [5.74, 6) is 1.33. The number of rotatable bonds is 6. The van der Waals surface area contributed by atoms with Gasteiger partial charge in [0.1, 0.15) is 23.6 Å². The van der Waals surface area contributed by atoms with E-state index in [4.69, 9.17) is 4.74 Å². The highest BCUT2D eigenvalue weighted by Crippen LogP contribution is 2.26. The molecule has 0 atom stereocenters. The Morgan fingerprint density at radius 2 is 2.12 bits per heavy atom. The number of benzene rings is 1. The molecule has 1 aromatic carbocycles. The average molecular weight is 343 g/mol. The maximum atomic E-state index is 10.7. The molecule has 1 N–H and O–H groups in total. The summed E-state index contributed by atoms with van der Waals surface area (Å²) in [5, 5.41) is 18.7. The highest BCUT2D eigenvalue weighted by Gasteiger charge is 2.12. The number of aromatic amines is 1. The van der Waals surface area contributed by atoms with Crippen molar-refractivity contribution >= 4 is 18.0 Å². The molecule has 3 rings (SSSR count). The predicted octanol–water partition coefficient (Wildman–Crippen LogP) is 2.95. The number of para-hydroxylation sites is 1. The molecule has 2 heterocycles. The van der Waals surface area contributed by atoms with Crippen LogP contribution in [0.15, 0.2) is 63.4 Å². The lowest BCUT2D eigenvalue weighted by Gasteiger charge is -2.02. The van der Waals surface area contributed by atoms with Crippen molar-refractivity contribution in [3.63, 3.8) is 0 Å². The number of nitro groups is 1. The minimum absolute atomic E-state index is 0.0196. The first-order chi connectivity index (χ1) is 11.7. The third-order valence-corrected chi connectivity index (χ3v) is 3.83. The number of allylic oxidation sites excluding steroid dienone is 3. The molecular weight excluding hydrogens is 330 g/mol. The van der Waals surface area contributed by atoms with Gasteiger partial charge in [0.15, 0.2) is 5.82 Å². The van der Waals surface area contributed by atoms with E-state index < -0.39 is 4.92 Å². The molecule has 0 fully saturated rings. The summed E-state index contributed by atoms with van der Waals surface area (Å²) < 4.78 is 5.59. The minimum Gasteiger partial charge on any atom is -0.486 e. The number of nitrogens with zero attached hydrogens (tertiary/aromatic N) is 4. The SMILES string of the molecule is O=[N+]([O-])C1=CCC=C(Sc2n[nH]c(COc3ccccc3)n2)N=C1. The molecule has 2 aromatic rings. The van der Waals surface area contributed by atoms with E-state index in [0.29, 0.717) is 22.4 Å². The summed E-state index contributed by atoms with van der Waals surface area (Å²) in [6.45, 7) is 0.271. The van der Waals surface area contributed by atoms with Crippen LogP contribution in [-0.2, 0) is 6.61 Å². The third kappa shape index (κ3) is 4.29. The number of aromatic nitrogens is 3. The number of thioether (sulfide) groups is 1. The van der Waals surface area contributed by atoms with Gasteiger partial charge in [-0.15, -0.1) is 5.10 Å². The van der Waals surface area contributed by atoms with E-state index in [1.165, 1.54) is 24.1 Å². The topological polar surface area (TPSA) is 106 Å². The van der Waals surface area contributed by atoms with Crippen LogP contribution in [0.25, 0.3) is 0 Å². The zero-order chi connectivity index (χ0) is 16.8. The molecule has 0 spiro atoms. The summed E-state index contributed by atoms with van der Waals surface area (Å²) in [7, 11) is 0. The van der Waals surface area contributed by atoms with Gasteiger partial charge in [-0.1, -0.05) is 18.2 Å². The van der Waals surface area contributed by atoms with Gasteiger partial charge in [-0.25, -0.2) is 9.98 Å². The van der Waals surface area contributed by atoms with E-state index in [2.05, 4.69) is 20.2 Å². The first kappa shape index (κ1) is 15.9. The van der Waals surface area contributed by atoms with Gasteiger partial charge >= 0.3 is 0 Å². The van der Waals surface area contributed by atoms with E-state index in [1.807, 2.05) is 30.3 Å². The molecule has 0 saturated carbocycles. The van der Waals surface area contributed by atoms with Gasteiger partial charge in [-0.3, -0.25) is 15.2 Å². The highest BCUT2D eigenvalue weighted by atomic mass is 32.2. The molecule has 0 radical (unpaired) electrons. The predicted molar refractivity (Wildman–Crippen MR) is 89.3 cm³/mol. The van der Waals surface area contributed by atoms with Crippen molar-refractivity contribution < 1.29 is 9.66 Å². The van der Waals surface area contributed by atoms with Gasteiger partial charge in [0.25, 0.3) is 5.70 Å². The van der Waals surface area contributed by atoms with Crippen LogP contribution < -0.4 is 4.74 Å². The second-order valence-electron chi connectivity index (χ2n) is 4.69. The molecule has 8 nitrogen and oxygen atoms in total. The molecular formula is C15H13N5O3S. The fourth-order valence-electron chi connectivity index (χ4n) is 1.86. The van der Waals surface area contributed by atoms with Gasteiger partial charge in [-0.05, 0) is 42.5 Å². The van der Waals surface area contributed by atoms with Gasteiger partial charge in [-0.2, -0.15) is 0 Å². The largest absolute Gasteiger partial charge is 0.486 e. The first-order valence-corrected chi connectivity index (χ1v) is 7.88. The average Bonchev–Trinajstić information content (AvgIpc) is 2.90. The minimum atomic E-state index is -0.462. The van der Waals surface area contributed by atoms with Gasteiger partial charge in [0, 0.05) is 0 Å². The fraction of sp³-hybridized carbons (Fsp3) is 0.133. The first-order valence-electron chi connectivity index (χ1n) is 7.06. The molecule has 0 amide bonds. The summed E-state index contributed by atoms with van der Waals surface area (Å²) >= 11 is 1.23. The smallest absolute Gasteiger partial charge is 0.283 e. The van der Waals surface area contributed by atoms with Crippen LogP contribution in [-0.4, -0.2) is 26.3 Å². The molecule has 0 unspecified atom stereocenters. The molecule has 1 aromatic heterocycles. The fourth-order valence-corrected chi connectivity index (χ4v) is 2.57. The molecule has 0 saturated heterocycles. The van der Waals surface area contributed by atoms with Crippen LogP contribution in [0.3, 0.4) is 0 Å². The van der Waals surface area contributed by atoms with E-state index >= 15 is 0 Å². The lowest BCUT2D eigenvalue weighted by molar-refractivity contribution is -0.414. The highest BCUT2D eigenvalue weighted by molar-refractivity contribution is 8.02. The number of hydrogen-bond donors (Lipinski definition) is 1. The lowest BCUT2D eigenvalue weighted by Crippen LogP contribution is -1.98. The van der Waals surface area contributed by atoms with Crippen molar-refractivity contribution in [1.82, 2.24) is 15.2 Å². The van der Waals surface area contributed by atoms with Crippen LogP contribution in [0.5, 0.6) is 5.75 Å². The van der Waals surface area contributed by atoms with Gasteiger partial charge in [0.05, 0.1) is 4.92 Å². The van der Waals surface area contributed by atoms with Crippen LogP contribution in [0.4, 0.5) is 0 Å². The van der Waals surface area contributed by atoms with Crippen molar-refractivity contribution in [2.24, 2.45) is 4.99 Å². The molecule has 24 heavy (non-hydrogen) atoms. The second kappa shape index (κ2) is 7.55. The van der Waals surface area contributed by atoms with E-state index in [-0.39, 0.29) is 12.3 Å². The van der Waals surface area contributed by atoms with Crippen molar-refractivity contribution in [2.45, 2.75) is 18.2 Å². The number of nitrogens with one attached hydrogen (secondary N) is 1. The number of H-pyrrole nitrogens is 1. The Labute approximate surface area is 141 Å². The molecule has 9 heteroatoms. The van der Waals surface area contributed by atoms with Crippen LogP contribution in [0.1, 0.15) is 12.2 Å². The van der Waals surface area contributed by atoms with Crippen LogP contribution in [0.2, 0.25) is 0 Å². The summed E-state index contributed by atoms with van der Waals surface area (Å²) in [4.78, 5) is 18.7. The summed E-state index contributed by atoms with van der Waals surface area (Å²) in [5.41, 5.74) is -0.0196. The van der Waals surface area contributed by atoms with E-state index in [9.17, 15) is 10.1 Å². The Morgan fingerprint density at radius 1 is 1.29 bits per heavy atom. The summed E-state index contributed by atoms with van der Waals surface area (Å²) in [6.07, 6.45) is 4.97. The second-order valence-corrected chi connectivity index (χ2v) is 5.68. The molecule has 1 aliphatic rings. The zero-order valence-electron chi connectivity index (χ0n) is 12.5. The molecule has 1 aliphatic heterocycles. The Morgan fingerprint density at radius 3 is 2.92 bits per heavy atom. The lowest BCUT2D eigenvalue weighted by atomic mass is 10.3. The van der Waals surface area contributed by atoms with Crippen molar-refractivity contribution in [1.29, 1.82) is 0 Å². The zero-order valence-corrected chi connectivity index (χ0v) is 13.3. The molecule has 0 bridgehead atoms. The van der Waals surface area contributed by atoms with Crippen molar-refractivity contribution in [3.8, 4) is 5.75 Å². The monoisotopic (exact) mass is 343 g/mol. The molecule has 122 valence electrons. The normalized spacial score (nSPS) is 13.8. The van der Waals surface area contributed by atoms with Gasteiger partial charge in [0.2, 0.25) is 5.16 Å². The van der Waals surface area contributed by atoms with Crippen LogP contribution >= 0.6 is 11.8 Å². The Kier molecular flexibility index (Phi) is 5.02. The maximum Gasteiger partial charge on any atom is 0.283 e. The van der Waals surface area contributed by atoms with E-state index in [0.717, 1.165) is 5.75 Å². The standard InChI is InChI=1S/C15H13N5O3S/c21-20(22)11-5-4-8-14(16-9-11)24-15-17-13(18-19-15)10-23-12-6-2-1-3-7-12/h1-3,5-9H,4,10H2,(H,17,18,19). The summed E-state index contributed by atoms with van der Waals surface area (Å²) in [6, 6.07) is 9.41. The van der Waals surface area contributed by atoms with Gasteiger partial charge < -0.3 is 4.74 Å². The number of hydrogen-bond acceptors (Lipinski definition) is 7. The van der Waals surface area contributed by atoms with Crippen molar-refractivity contribution in [2.75, 3.05) is 0 Å². The number of aliphatic imine (C=N–C) groups is 1.